The van der Waals surface area contributed by atoms with Crippen molar-refractivity contribution in [2.24, 2.45) is 5.73 Å². The van der Waals surface area contributed by atoms with Crippen molar-refractivity contribution in [3.8, 4) is 0 Å². The van der Waals surface area contributed by atoms with Gasteiger partial charge in [-0.2, -0.15) is 0 Å². The third-order valence-corrected chi connectivity index (χ3v) is 4.63. The number of hydrogen-bond acceptors (Lipinski definition) is 3. The number of thiocarbonyl (C=S) groups is 1. The molecule has 3 nitrogen and oxygen atoms in total. The molecule has 2 saturated heterocycles. The molecule has 0 saturated carbocycles. The molecule has 2 heterocycles. The number of nitrogens with two attached hydrogens (primary N) is 1. The smallest absolute Gasteiger partial charge is 0.147 e. The summed E-state index contributed by atoms with van der Waals surface area (Å²) in [5.41, 5.74) is 6.80. The van der Waals surface area contributed by atoms with Crippen molar-refractivity contribution in [2.45, 2.75) is 25.3 Å². The van der Waals surface area contributed by atoms with E-state index < -0.39 is 0 Å². The van der Waals surface area contributed by atoms with Gasteiger partial charge in [-0.3, -0.25) is 4.90 Å². The van der Waals surface area contributed by atoms with Crippen molar-refractivity contribution in [3.05, 3.63) is 29.6 Å². The minimum Gasteiger partial charge on any atom is -0.389 e. The summed E-state index contributed by atoms with van der Waals surface area (Å²) >= 11 is 4.88. The molecule has 2 aliphatic rings. The SMILES string of the molecule is NC(=S)c1ccc(N2CCC(N3CCCC3)C2)c(F)c1. The highest BCUT2D eigenvalue weighted by molar-refractivity contribution is 7.80. The summed E-state index contributed by atoms with van der Waals surface area (Å²) in [7, 11) is 0. The molecule has 2 fully saturated rings. The lowest BCUT2D eigenvalue weighted by Gasteiger charge is -2.24. The molecule has 0 amide bonds. The van der Waals surface area contributed by atoms with Crippen LogP contribution in [0.15, 0.2) is 18.2 Å². The van der Waals surface area contributed by atoms with Gasteiger partial charge < -0.3 is 10.6 Å². The first kappa shape index (κ1) is 13.8. The molecule has 3 rings (SSSR count). The van der Waals surface area contributed by atoms with Crippen molar-refractivity contribution in [1.29, 1.82) is 0 Å². The second kappa shape index (κ2) is 5.66. The third-order valence-electron chi connectivity index (χ3n) is 4.39. The second-order valence-electron chi connectivity index (χ2n) is 5.66. The van der Waals surface area contributed by atoms with Gasteiger partial charge >= 0.3 is 0 Å². The lowest BCUT2D eigenvalue weighted by molar-refractivity contribution is 0.260. The zero-order chi connectivity index (χ0) is 14.1. The average Bonchev–Trinajstić information content (AvgIpc) is 3.09. The summed E-state index contributed by atoms with van der Waals surface area (Å²) in [5, 5.41) is 0. The van der Waals surface area contributed by atoms with Gasteiger partial charge in [0.2, 0.25) is 0 Å². The van der Waals surface area contributed by atoms with E-state index in [1.54, 1.807) is 6.07 Å². The number of likely N-dealkylation sites (tertiary alicyclic amines) is 1. The molecule has 1 aromatic carbocycles. The molecular weight excluding hydrogens is 273 g/mol. The molecule has 108 valence electrons. The van der Waals surface area contributed by atoms with Crippen LogP contribution in [0.2, 0.25) is 0 Å². The highest BCUT2D eigenvalue weighted by Crippen LogP contribution is 2.27. The van der Waals surface area contributed by atoms with Gasteiger partial charge in [0.15, 0.2) is 0 Å². The molecule has 20 heavy (non-hydrogen) atoms. The Hall–Kier alpha value is -1.20. The fourth-order valence-electron chi connectivity index (χ4n) is 3.28. The predicted molar refractivity (Wildman–Crippen MR) is 83.7 cm³/mol. The lowest BCUT2D eigenvalue weighted by Crippen LogP contribution is -2.35. The number of anilines is 1. The normalized spacial score (nSPS) is 23.4. The predicted octanol–water partition coefficient (Wildman–Crippen LogP) is 2.13. The fraction of sp³-hybridized carbons (Fsp3) is 0.533. The maximum Gasteiger partial charge on any atom is 0.147 e. The van der Waals surface area contributed by atoms with Crippen LogP contribution in [0.4, 0.5) is 10.1 Å². The van der Waals surface area contributed by atoms with E-state index in [4.69, 9.17) is 18.0 Å². The number of halogens is 1. The van der Waals surface area contributed by atoms with E-state index in [0.717, 1.165) is 19.5 Å². The van der Waals surface area contributed by atoms with E-state index in [0.29, 0.717) is 17.3 Å². The third kappa shape index (κ3) is 2.65. The van der Waals surface area contributed by atoms with E-state index in [1.807, 2.05) is 6.07 Å². The standard InChI is InChI=1S/C15H20FN3S/c16-13-9-11(15(17)20)3-4-14(13)19-8-5-12(10-19)18-6-1-2-7-18/h3-4,9,12H,1-2,5-8,10H2,(H2,17,20). The van der Waals surface area contributed by atoms with Crippen LogP contribution in [-0.4, -0.2) is 42.1 Å². The van der Waals surface area contributed by atoms with Crippen LogP contribution in [0.3, 0.4) is 0 Å². The van der Waals surface area contributed by atoms with Crippen LogP contribution in [0.25, 0.3) is 0 Å². The fourth-order valence-corrected chi connectivity index (χ4v) is 3.41. The monoisotopic (exact) mass is 293 g/mol. The second-order valence-corrected chi connectivity index (χ2v) is 6.10. The Kier molecular flexibility index (Phi) is 3.89. The Labute approximate surface area is 124 Å². The van der Waals surface area contributed by atoms with Crippen molar-refractivity contribution in [2.75, 3.05) is 31.1 Å². The van der Waals surface area contributed by atoms with Gasteiger partial charge in [0.25, 0.3) is 0 Å². The highest BCUT2D eigenvalue weighted by atomic mass is 32.1. The molecule has 1 unspecified atom stereocenters. The zero-order valence-corrected chi connectivity index (χ0v) is 12.3. The van der Waals surface area contributed by atoms with Crippen LogP contribution in [0.1, 0.15) is 24.8 Å². The number of benzene rings is 1. The first-order valence-corrected chi connectivity index (χ1v) is 7.64. The Morgan fingerprint density at radius 3 is 2.65 bits per heavy atom. The maximum absolute atomic E-state index is 14.2. The summed E-state index contributed by atoms with van der Waals surface area (Å²) in [5.74, 6) is -0.225. The summed E-state index contributed by atoms with van der Waals surface area (Å²) in [6, 6.07) is 5.63. The summed E-state index contributed by atoms with van der Waals surface area (Å²) in [4.78, 5) is 4.93. The maximum atomic E-state index is 14.2. The molecule has 0 aromatic heterocycles. The minimum atomic E-state index is -0.225. The molecule has 5 heteroatoms. The lowest BCUT2D eigenvalue weighted by atomic mass is 10.2. The molecule has 1 aromatic rings. The van der Waals surface area contributed by atoms with Crippen LogP contribution in [0.5, 0.6) is 0 Å². The van der Waals surface area contributed by atoms with Crippen LogP contribution in [-0.2, 0) is 0 Å². The van der Waals surface area contributed by atoms with Gasteiger partial charge in [-0.05, 0) is 50.6 Å². The van der Waals surface area contributed by atoms with Crippen LogP contribution < -0.4 is 10.6 Å². The Morgan fingerprint density at radius 2 is 2.00 bits per heavy atom. The van der Waals surface area contributed by atoms with E-state index >= 15 is 0 Å². The van der Waals surface area contributed by atoms with E-state index in [-0.39, 0.29) is 10.8 Å². The van der Waals surface area contributed by atoms with Crippen LogP contribution >= 0.6 is 12.2 Å². The quantitative estimate of drug-likeness (QED) is 0.866. The molecule has 2 aliphatic heterocycles. The molecule has 0 bridgehead atoms. The van der Waals surface area contributed by atoms with E-state index in [2.05, 4.69) is 9.80 Å². The number of nitrogens with zero attached hydrogens (tertiary/aromatic N) is 2. The first-order chi connectivity index (χ1) is 9.65. The molecule has 1 atom stereocenters. The van der Waals surface area contributed by atoms with Crippen molar-refractivity contribution < 1.29 is 4.39 Å². The Balaban J connectivity index is 1.72. The summed E-state index contributed by atoms with van der Waals surface area (Å²) in [6.07, 6.45) is 3.72. The topological polar surface area (TPSA) is 32.5 Å². The van der Waals surface area contributed by atoms with E-state index in [1.165, 1.54) is 32.0 Å². The summed E-state index contributed by atoms with van der Waals surface area (Å²) < 4.78 is 14.2. The molecule has 2 N–H and O–H groups in total. The van der Waals surface area contributed by atoms with E-state index in [9.17, 15) is 4.39 Å². The Bertz CT molecular complexity index is 514. The van der Waals surface area contributed by atoms with Gasteiger partial charge in [0.1, 0.15) is 10.8 Å². The minimum absolute atomic E-state index is 0.225. The largest absolute Gasteiger partial charge is 0.389 e. The van der Waals surface area contributed by atoms with Gasteiger partial charge in [-0.25, -0.2) is 4.39 Å². The highest BCUT2D eigenvalue weighted by Gasteiger charge is 2.30. The number of hydrogen-bond donors (Lipinski definition) is 1. The van der Waals surface area contributed by atoms with Crippen molar-refractivity contribution in [3.63, 3.8) is 0 Å². The van der Waals surface area contributed by atoms with Crippen molar-refractivity contribution >= 4 is 22.9 Å². The molecule has 0 spiro atoms. The van der Waals surface area contributed by atoms with Gasteiger partial charge in [0, 0.05) is 24.7 Å². The van der Waals surface area contributed by atoms with Gasteiger partial charge in [-0.15, -0.1) is 0 Å². The van der Waals surface area contributed by atoms with Gasteiger partial charge in [0.05, 0.1) is 5.69 Å². The molecule has 0 aliphatic carbocycles. The van der Waals surface area contributed by atoms with Crippen LogP contribution in [0, 0.1) is 5.82 Å². The first-order valence-electron chi connectivity index (χ1n) is 7.23. The van der Waals surface area contributed by atoms with Gasteiger partial charge in [-0.1, -0.05) is 12.2 Å². The number of rotatable bonds is 3. The zero-order valence-electron chi connectivity index (χ0n) is 11.5. The Morgan fingerprint density at radius 1 is 1.25 bits per heavy atom. The average molecular weight is 293 g/mol. The van der Waals surface area contributed by atoms with Crippen molar-refractivity contribution in [1.82, 2.24) is 4.90 Å². The summed E-state index contributed by atoms with van der Waals surface area (Å²) in [6.45, 7) is 4.23. The molecular formula is C15H20FN3S. The molecule has 0 radical (unpaired) electrons.